The van der Waals surface area contributed by atoms with Crippen molar-refractivity contribution in [3.05, 3.63) is 137 Å². The number of para-hydroxylation sites is 1. The number of hydrogen-bond donors (Lipinski definition) is 1. The molecule has 7 heteroatoms. The minimum absolute atomic E-state index is 0.101. The molecule has 2 amide bonds. The number of likely N-dealkylation sites (N-methyl/N-ethyl adjacent to an activating group) is 1. The molecule has 3 heterocycles. The number of nitrogens with zero attached hydrogens (tertiary/aromatic N) is 4. The van der Waals surface area contributed by atoms with Gasteiger partial charge >= 0.3 is 0 Å². The van der Waals surface area contributed by atoms with Crippen LogP contribution in [0.15, 0.2) is 108 Å². The van der Waals surface area contributed by atoms with Crippen LogP contribution in [0.2, 0.25) is 0 Å². The molecule has 1 aliphatic heterocycles. The number of hydrogen-bond acceptors (Lipinski definition) is 4. The van der Waals surface area contributed by atoms with Gasteiger partial charge in [-0.05, 0) is 41.8 Å². The van der Waals surface area contributed by atoms with Crippen molar-refractivity contribution in [1.82, 2.24) is 14.5 Å². The summed E-state index contributed by atoms with van der Waals surface area (Å²) in [6.45, 7) is 2.59. The van der Waals surface area contributed by atoms with Crippen molar-refractivity contribution in [3.63, 3.8) is 0 Å². The van der Waals surface area contributed by atoms with Crippen molar-refractivity contribution >= 4 is 40.3 Å². The van der Waals surface area contributed by atoms with Gasteiger partial charge in [-0.1, -0.05) is 78.9 Å². The number of carbonyl (C=O) groups is 2. The highest BCUT2D eigenvalue weighted by Crippen LogP contribution is 2.27. The maximum Gasteiger partial charge on any atom is 0.250 e. The summed E-state index contributed by atoms with van der Waals surface area (Å²) in [6.07, 6.45) is 5.42. The summed E-state index contributed by atoms with van der Waals surface area (Å²) in [4.78, 5) is 37.3. The zero-order valence-corrected chi connectivity index (χ0v) is 24.5. The number of aliphatic imine (C=N–C) groups is 1. The molecule has 2 aromatic heterocycles. The van der Waals surface area contributed by atoms with Crippen LogP contribution in [0, 0.1) is 6.92 Å². The molecule has 6 rings (SSSR count). The van der Waals surface area contributed by atoms with E-state index in [2.05, 4.69) is 41.0 Å². The fourth-order valence-corrected chi connectivity index (χ4v) is 5.57. The lowest BCUT2D eigenvalue weighted by Crippen LogP contribution is -2.34. The second-order valence-corrected chi connectivity index (χ2v) is 10.9. The number of rotatable bonds is 7. The van der Waals surface area contributed by atoms with E-state index in [0.29, 0.717) is 18.8 Å². The third-order valence-corrected chi connectivity index (χ3v) is 8.04. The van der Waals surface area contributed by atoms with Crippen LogP contribution in [0.5, 0.6) is 0 Å². The van der Waals surface area contributed by atoms with Crippen molar-refractivity contribution in [2.45, 2.75) is 25.9 Å². The number of aromatic nitrogens is 2. The molecule has 1 N–H and O–H groups in total. The maximum absolute atomic E-state index is 13.1. The zero-order valence-electron chi connectivity index (χ0n) is 24.5. The van der Waals surface area contributed by atoms with Gasteiger partial charge in [0.1, 0.15) is 11.9 Å². The lowest BCUT2D eigenvalue weighted by Gasteiger charge is -2.22. The van der Waals surface area contributed by atoms with Crippen molar-refractivity contribution in [2.75, 3.05) is 12.4 Å². The van der Waals surface area contributed by atoms with E-state index in [1.807, 2.05) is 85.9 Å². The Kier molecular flexibility index (Phi) is 7.71. The van der Waals surface area contributed by atoms with Crippen molar-refractivity contribution in [2.24, 2.45) is 12.0 Å². The van der Waals surface area contributed by atoms with Crippen LogP contribution in [0.1, 0.15) is 33.5 Å². The molecule has 0 radical (unpaired) electrons. The predicted molar refractivity (Wildman–Crippen MR) is 172 cm³/mol. The maximum atomic E-state index is 13.1. The largest absolute Gasteiger partial charge is 0.348 e. The van der Waals surface area contributed by atoms with Crippen molar-refractivity contribution in [3.8, 4) is 0 Å². The lowest BCUT2D eigenvalue weighted by atomic mass is 9.98. The van der Waals surface area contributed by atoms with Gasteiger partial charge in [0, 0.05) is 67.1 Å². The molecule has 0 spiro atoms. The number of anilines is 1. The molecule has 1 aliphatic rings. The van der Waals surface area contributed by atoms with E-state index in [0.717, 1.165) is 50.1 Å². The highest BCUT2D eigenvalue weighted by molar-refractivity contribution is 6.14. The molecule has 1 atom stereocenters. The molecule has 0 saturated heterocycles. The quantitative estimate of drug-likeness (QED) is 0.195. The molecule has 1 unspecified atom stereocenters. The molecular formula is C36H33N5O2. The van der Waals surface area contributed by atoms with Crippen LogP contribution >= 0.6 is 0 Å². The van der Waals surface area contributed by atoms with Crippen molar-refractivity contribution in [1.29, 1.82) is 0 Å². The van der Waals surface area contributed by atoms with E-state index in [1.165, 1.54) is 0 Å². The monoisotopic (exact) mass is 567 g/mol. The Balaban J connectivity index is 1.21. The van der Waals surface area contributed by atoms with Gasteiger partial charge in [-0.15, -0.1) is 0 Å². The van der Waals surface area contributed by atoms with Crippen LogP contribution in [-0.4, -0.2) is 45.1 Å². The van der Waals surface area contributed by atoms with Crippen LogP contribution in [0.25, 0.3) is 17.0 Å². The first-order valence-corrected chi connectivity index (χ1v) is 14.3. The van der Waals surface area contributed by atoms with E-state index in [1.54, 1.807) is 23.2 Å². The lowest BCUT2D eigenvalue weighted by molar-refractivity contribution is -0.125. The molecule has 0 fully saturated rings. The third kappa shape index (κ3) is 5.75. The number of amides is 2. The molecule has 0 saturated carbocycles. The second-order valence-electron chi connectivity index (χ2n) is 10.9. The fourth-order valence-electron chi connectivity index (χ4n) is 5.57. The summed E-state index contributed by atoms with van der Waals surface area (Å²) >= 11 is 0. The van der Waals surface area contributed by atoms with Gasteiger partial charge in [0.2, 0.25) is 5.91 Å². The van der Waals surface area contributed by atoms with Crippen molar-refractivity contribution < 1.29 is 9.59 Å². The molecule has 5 aromatic rings. The Hall–Kier alpha value is -5.30. The standard InChI is InChI=1S/C36H33N5O2/c1-24-30(29-16-10-11-17-32(29)41(24)3)23-40(2)33(42)19-18-25-20-28-21-31(36(43)39-35(28)37-22-25)38-34(26-12-6-4-7-13-26)27-14-8-5-9-15-27/h4-20,22,31H,21,23H2,1-3H3,(H,37,39,43)/b19-18+. The Morgan fingerprint density at radius 3 is 2.37 bits per heavy atom. The summed E-state index contributed by atoms with van der Waals surface area (Å²) in [5.41, 5.74) is 7.77. The predicted octanol–water partition coefficient (Wildman–Crippen LogP) is 5.95. The molecule has 7 nitrogen and oxygen atoms in total. The average Bonchev–Trinajstić information content (AvgIpc) is 3.28. The number of pyridine rings is 1. The van der Waals surface area contributed by atoms with E-state index < -0.39 is 6.04 Å². The highest BCUT2D eigenvalue weighted by atomic mass is 16.2. The summed E-state index contributed by atoms with van der Waals surface area (Å²) in [7, 11) is 3.86. The van der Waals surface area contributed by atoms with Gasteiger partial charge in [-0.3, -0.25) is 14.6 Å². The molecular weight excluding hydrogens is 534 g/mol. The summed E-state index contributed by atoms with van der Waals surface area (Å²) in [5, 5.41) is 4.08. The van der Waals surface area contributed by atoms with Gasteiger partial charge in [0.15, 0.2) is 0 Å². The number of nitrogens with one attached hydrogen (secondary N) is 1. The van der Waals surface area contributed by atoms with Crippen LogP contribution in [0.3, 0.4) is 0 Å². The minimum Gasteiger partial charge on any atom is -0.348 e. The Labute approximate surface area is 251 Å². The first-order chi connectivity index (χ1) is 20.9. The number of fused-ring (bicyclic) bond motifs is 2. The van der Waals surface area contributed by atoms with Crippen LogP contribution in [-0.2, 0) is 29.6 Å². The van der Waals surface area contributed by atoms with Gasteiger partial charge in [-0.25, -0.2) is 4.98 Å². The first-order valence-electron chi connectivity index (χ1n) is 14.3. The molecule has 0 bridgehead atoms. The number of aryl methyl sites for hydroxylation is 1. The zero-order chi connectivity index (χ0) is 29.9. The number of benzene rings is 3. The van der Waals surface area contributed by atoms with Crippen LogP contribution in [0.4, 0.5) is 5.82 Å². The Bertz CT molecular complexity index is 1830. The van der Waals surface area contributed by atoms with Gasteiger partial charge in [0.25, 0.3) is 5.91 Å². The van der Waals surface area contributed by atoms with E-state index in [-0.39, 0.29) is 11.8 Å². The van der Waals surface area contributed by atoms with Crippen LogP contribution < -0.4 is 5.32 Å². The second kappa shape index (κ2) is 11.9. The smallest absolute Gasteiger partial charge is 0.250 e. The van der Waals surface area contributed by atoms with Gasteiger partial charge in [0.05, 0.1) is 5.71 Å². The molecule has 43 heavy (non-hydrogen) atoms. The first kappa shape index (κ1) is 27.8. The summed E-state index contributed by atoms with van der Waals surface area (Å²) < 4.78 is 2.16. The summed E-state index contributed by atoms with van der Waals surface area (Å²) in [6, 6.07) is 29.4. The van der Waals surface area contributed by atoms with E-state index >= 15 is 0 Å². The SMILES string of the molecule is Cc1c(CN(C)C(=O)/C=C/c2cnc3c(c2)CC(N=C(c2ccccc2)c2ccccc2)C(=O)N3)c2ccccc2n1C. The minimum atomic E-state index is -0.611. The fraction of sp³-hybridized carbons (Fsp3) is 0.167. The summed E-state index contributed by atoms with van der Waals surface area (Å²) in [5.74, 6) is 0.244. The number of carbonyl (C=O) groups excluding carboxylic acids is 2. The Morgan fingerprint density at radius 2 is 1.67 bits per heavy atom. The Morgan fingerprint density at radius 1 is 1.02 bits per heavy atom. The normalized spacial score (nSPS) is 14.4. The molecule has 0 aliphatic carbocycles. The highest BCUT2D eigenvalue weighted by Gasteiger charge is 2.27. The van der Waals surface area contributed by atoms with E-state index in [4.69, 9.17) is 4.99 Å². The molecule has 3 aromatic carbocycles. The van der Waals surface area contributed by atoms with E-state index in [9.17, 15) is 9.59 Å². The van der Waals surface area contributed by atoms with Gasteiger partial charge < -0.3 is 14.8 Å². The topological polar surface area (TPSA) is 79.6 Å². The van der Waals surface area contributed by atoms with Gasteiger partial charge in [-0.2, -0.15) is 0 Å². The average molecular weight is 568 g/mol. The molecule has 214 valence electrons. The third-order valence-electron chi connectivity index (χ3n) is 8.04.